The van der Waals surface area contributed by atoms with Crippen molar-refractivity contribution >= 4 is 23.6 Å². The van der Waals surface area contributed by atoms with Crippen LogP contribution in [-0.4, -0.2) is 19.4 Å². The molecule has 0 fully saturated rings. The Hall–Kier alpha value is -0.820. The van der Waals surface area contributed by atoms with E-state index in [0.29, 0.717) is 12.2 Å². The molecule has 1 rings (SSSR count). The van der Waals surface area contributed by atoms with Crippen LogP contribution in [0.3, 0.4) is 0 Å². The molecule has 0 aliphatic rings. The maximum atomic E-state index is 10.6. The predicted octanol–water partition coefficient (Wildman–Crippen LogP) is -2.79. The zero-order valence-electron chi connectivity index (χ0n) is 11.0. The molecule has 1 heterocycles. The van der Waals surface area contributed by atoms with Gasteiger partial charge in [-0.15, -0.1) is 11.3 Å². The van der Waals surface area contributed by atoms with E-state index in [4.69, 9.17) is 4.74 Å². The van der Waals surface area contributed by atoms with E-state index in [2.05, 4.69) is 5.32 Å². The molecular formula is C12H14NNaO4S. The molecule has 0 aliphatic carbocycles. The van der Waals surface area contributed by atoms with Crippen molar-refractivity contribution in [3.8, 4) is 0 Å². The summed E-state index contributed by atoms with van der Waals surface area (Å²) < 4.78 is 4.84. The Kier molecular flexibility index (Phi) is 9.59. The zero-order valence-corrected chi connectivity index (χ0v) is 13.8. The number of carboxylic acid groups (broad SMARTS) is 1. The molecule has 5 nitrogen and oxygen atoms in total. The second kappa shape index (κ2) is 10.0. The molecule has 0 atom stereocenters. The second-order valence-corrected chi connectivity index (χ2v) is 4.52. The number of aldehydes is 1. The van der Waals surface area contributed by atoms with Crippen LogP contribution in [0.4, 0.5) is 0 Å². The molecule has 0 bridgehead atoms. The number of carboxylic acids is 1. The summed E-state index contributed by atoms with van der Waals surface area (Å²) in [7, 11) is 1.50. The first-order chi connectivity index (χ1) is 8.67. The van der Waals surface area contributed by atoms with Crippen LogP contribution in [0.2, 0.25) is 0 Å². The van der Waals surface area contributed by atoms with Crippen LogP contribution < -0.4 is 40.0 Å². The molecule has 0 spiro atoms. The third-order valence-corrected chi connectivity index (χ3v) is 3.18. The van der Waals surface area contributed by atoms with Gasteiger partial charge in [0.2, 0.25) is 0 Å². The molecule has 0 amide bonds. The minimum Gasteiger partial charge on any atom is -0.550 e. The Balaban J connectivity index is 0.00000324. The molecule has 1 N–H and O–H groups in total. The van der Waals surface area contributed by atoms with Crippen molar-refractivity contribution in [2.24, 2.45) is 0 Å². The third-order valence-electron chi connectivity index (χ3n) is 2.21. The fourth-order valence-corrected chi connectivity index (χ4v) is 2.27. The van der Waals surface area contributed by atoms with E-state index in [1.54, 1.807) is 6.07 Å². The van der Waals surface area contributed by atoms with Crippen LogP contribution in [0.1, 0.15) is 16.9 Å². The summed E-state index contributed by atoms with van der Waals surface area (Å²) in [5.74, 6) is -1.10. The van der Waals surface area contributed by atoms with Gasteiger partial charge < -0.3 is 24.7 Å². The number of carbonyl (C=O) groups is 2. The quantitative estimate of drug-likeness (QED) is 0.318. The summed E-state index contributed by atoms with van der Waals surface area (Å²) in [6.07, 6.45) is 2.36. The molecule has 0 saturated carbocycles. The van der Waals surface area contributed by atoms with Crippen LogP contribution in [0, 0.1) is 0 Å². The van der Waals surface area contributed by atoms with E-state index in [1.165, 1.54) is 24.7 Å². The Morgan fingerprint density at radius 2 is 2.32 bits per heavy atom. The summed E-state index contributed by atoms with van der Waals surface area (Å²) in [6, 6.07) is 1.76. The van der Waals surface area contributed by atoms with Gasteiger partial charge in [0.1, 0.15) is 12.5 Å². The summed E-state index contributed by atoms with van der Waals surface area (Å²) in [6.45, 7) is 0.462. The zero-order chi connectivity index (χ0) is 13.4. The fraction of sp³-hybridized carbons (Fsp3) is 0.333. The number of hydrogen-bond donors (Lipinski definition) is 1. The van der Waals surface area contributed by atoms with Crippen molar-refractivity contribution in [1.29, 1.82) is 0 Å². The molecular weight excluding hydrogens is 277 g/mol. The van der Waals surface area contributed by atoms with Gasteiger partial charge in [-0.2, -0.15) is 0 Å². The van der Waals surface area contributed by atoms with Gasteiger partial charge in [0.05, 0.1) is 12.8 Å². The van der Waals surface area contributed by atoms with E-state index >= 15 is 0 Å². The summed E-state index contributed by atoms with van der Waals surface area (Å²) in [5, 5.41) is 15.4. The number of aliphatic carboxylic acids is 1. The summed E-state index contributed by atoms with van der Waals surface area (Å²) in [4.78, 5) is 21.9. The molecule has 19 heavy (non-hydrogen) atoms. The first kappa shape index (κ1) is 18.2. The van der Waals surface area contributed by atoms with Gasteiger partial charge in [0.15, 0.2) is 0 Å². The SMILES string of the molecule is COC=C(CC=O)NCc1sccc1CC(=O)[O-].[Na+]. The van der Waals surface area contributed by atoms with Crippen molar-refractivity contribution in [2.45, 2.75) is 19.4 Å². The summed E-state index contributed by atoms with van der Waals surface area (Å²) in [5.41, 5.74) is 1.38. The van der Waals surface area contributed by atoms with E-state index in [-0.39, 0.29) is 42.4 Å². The Bertz CT molecular complexity index is 445. The maximum Gasteiger partial charge on any atom is 1.00 e. The van der Waals surface area contributed by atoms with Crippen molar-refractivity contribution in [2.75, 3.05) is 7.11 Å². The minimum absolute atomic E-state index is 0. The number of ether oxygens (including phenoxy) is 1. The van der Waals surface area contributed by atoms with Gasteiger partial charge in [-0.05, 0) is 17.0 Å². The maximum absolute atomic E-state index is 10.6. The summed E-state index contributed by atoms with van der Waals surface area (Å²) >= 11 is 1.46. The van der Waals surface area contributed by atoms with E-state index in [9.17, 15) is 14.7 Å². The molecule has 0 unspecified atom stereocenters. The van der Waals surface area contributed by atoms with Gasteiger partial charge >= 0.3 is 29.6 Å². The van der Waals surface area contributed by atoms with Crippen LogP contribution in [0.15, 0.2) is 23.4 Å². The van der Waals surface area contributed by atoms with Crippen LogP contribution >= 0.6 is 11.3 Å². The van der Waals surface area contributed by atoms with Crippen molar-refractivity contribution < 1.29 is 49.0 Å². The number of allylic oxidation sites excluding steroid dienone is 1. The van der Waals surface area contributed by atoms with Gasteiger partial charge in [-0.3, -0.25) is 0 Å². The number of thiophene rings is 1. The van der Waals surface area contributed by atoms with Crippen LogP contribution in [0.5, 0.6) is 0 Å². The molecule has 1 aromatic heterocycles. The standard InChI is InChI=1S/C12H15NO4S.Na/c1-17-8-10(2-4-14)13-7-11-9(3-5-18-11)6-12(15)16;/h3-5,8,13H,2,6-7H2,1H3,(H,15,16);/q;+1/p-1. The Morgan fingerprint density at radius 1 is 1.58 bits per heavy atom. The van der Waals surface area contributed by atoms with Crippen molar-refractivity contribution in [3.63, 3.8) is 0 Å². The predicted molar refractivity (Wildman–Crippen MR) is 65.6 cm³/mol. The average molecular weight is 291 g/mol. The first-order valence-electron chi connectivity index (χ1n) is 5.31. The molecule has 0 saturated heterocycles. The van der Waals surface area contributed by atoms with Crippen molar-refractivity contribution in [3.05, 3.63) is 33.8 Å². The van der Waals surface area contributed by atoms with Crippen LogP contribution in [-0.2, 0) is 27.3 Å². The molecule has 0 aliphatic heterocycles. The van der Waals surface area contributed by atoms with E-state index < -0.39 is 5.97 Å². The third kappa shape index (κ3) is 6.77. The molecule has 1 aromatic rings. The fourth-order valence-electron chi connectivity index (χ4n) is 1.42. The smallest absolute Gasteiger partial charge is 0.550 e. The van der Waals surface area contributed by atoms with Gasteiger partial charge in [0.25, 0.3) is 0 Å². The normalized spacial score (nSPS) is 10.5. The number of methoxy groups -OCH3 is 1. The Morgan fingerprint density at radius 3 is 2.89 bits per heavy atom. The largest absolute Gasteiger partial charge is 1.00 e. The van der Waals surface area contributed by atoms with Crippen molar-refractivity contribution in [1.82, 2.24) is 5.32 Å². The number of rotatable bonds is 8. The molecule has 7 heteroatoms. The number of carbonyl (C=O) groups excluding carboxylic acids is 2. The van der Waals surface area contributed by atoms with E-state index in [0.717, 1.165) is 16.7 Å². The van der Waals surface area contributed by atoms with Gasteiger partial charge in [-0.1, -0.05) is 0 Å². The van der Waals surface area contributed by atoms with E-state index in [1.807, 2.05) is 5.38 Å². The molecule has 98 valence electrons. The molecule has 0 radical (unpaired) electrons. The molecule has 0 aromatic carbocycles. The monoisotopic (exact) mass is 291 g/mol. The Labute approximate surface area is 137 Å². The number of hydrogen-bond acceptors (Lipinski definition) is 6. The minimum atomic E-state index is -1.10. The van der Waals surface area contributed by atoms with Crippen LogP contribution in [0.25, 0.3) is 0 Å². The topological polar surface area (TPSA) is 78.5 Å². The first-order valence-corrected chi connectivity index (χ1v) is 6.19. The van der Waals surface area contributed by atoms with Gasteiger partial charge in [-0.25, -0.2) is 0 Å². The average Bonchev–Trinajstić information content (AvgIpc) is 2.73. The van der Waals surface area contributed by atoms with Gasteiger partial charge in [0, 0.05) is 30.2 Å². The second-order valence-electron chi connectivity index (χ2n) is 3.52. The number of nitrogens with one attached hydrogen (secondary N) is 1.